The summed E-state index contributed by atoms with van der Waals surface area (Å²) >= 11 is 5.78. The average Bonchev–Trinajstić information content (AvgIpc) is 2.39. The number of nitrogens with zero attached hydrogens (tertiary/aromatic N) is 1. The molecule has 0 aromatic heterocycles. The number of carbonyl (C=O) groups excluding carboxylic acids is 1. The fourth-order valence-corrected chi connectivity index (χ4v) is 2.73. The summed E-state index contributed by atoms with van der Waals surface area (Å²) in [5.74, 6) is 0.320. The average molecular weight is 283 g/mol. The van der Waals surface area contributed by atoms with Crippen LogP contribution < -0.4 is 5.32 Å². The maximum atomic E-state index is 12.4. The molecule has 1 aliphatic rings. The Morgan fingerprint density at radius 2 is 2.37 bits per heavy atom. The van der Waals surface area contributed by atoms with Gasteiger partial charge in [-0.25, -0.2) is 0 Å². The van der Waals surface area contributed by atoms with Crippen molar-refractivity contribution in [3.63, 3.8) is 0 Å². The molecule has 4 nitrogen and oxygen atoms in total. The topological polar surface area (TPSA) is 52.6 Å². The number of aromatic hydroxyl groups is 1. The molecule has 1 unspecified atom stereocenters. The van der Waals surface area contributed by atoms with Gasteiger partial charge in [0.2, 0.25) is 0 Å². The number of carbonyl (C=O) groups is 1. The van der Waals surface area contributed by atoms with Gasteiger partial charge in [0.15, 0.2) is 0 Å². The van der Waals surface area contributed by atoms with Gasteiger partial charge in [0, 0.05) is 18.1 Å². The van der Waals surface area contributed by atoms with Crippen molar-refractivity contribution in [1.82, 2.24) is 10.2 Å². The van der Waals surface area contributed by atoms with Crippen LogP contribution in [0.15, 0.2) is 18.2 Å². The van der Waals surface area contributed by atoms with Crippen molar-refractivity contribution in [3.8, 4) is 5.75 Å². The molecular weight excluding hydrogens is 264 g/mol. The molecule has 1 heterocycles. The Balaban J connectivity index is 2.10. The van der Waals surface area contributed by atoms with E-state index in [0.29, 0.717) is 16.5 Å². The minimum absolute atomic E-state index is 0.0479. The lowest BCUT2D eigenvalue weighted by molar-refractivity contribution is 0.0671. The summed E-state index contributed by atoms with van der Waals surface area (Å²) in [6.07, 6.45) is 2.14. The van der Waals surface area contributed by atoms with Gasteiger partial charge in [-0.1, -0.05) is 11.6 Å². The van der Waals surface area contributed by atoms with E-state index in [1.165, 1.54) is 6.07 Å². The number of nitrogens with one attached hydrogen (secondary N) is 1. The lowest BCUT2D eigenvalue weighted by atomic mass is 9.97. The maximum absolute atomic E-state index is 12.4. The van der Waals surface area contributed by atoms with Crippen LogP contribution >= 0.6 is 11.6 Å². The quantitative estimate of drug-likeness (QED) is 0.893. The summed E-state index contributed by atoms with van der Waals surface area (Å²) < 4.78 is 0. The second-order valence-electron chi connectivity index (χ2n) is 4.98. The Hall–Kier alpha value is -1.26. The van der Waals surface area contributed by atoms with Gasteiger partial charge in [-0.15, -0.1) is 0 Å². The molecule has 1 amide bonds. The van der Waals surface area contributed by atoms with E-state index >= 15 is 0 Å². The standard InChI is InChI=1S/C14H19ClN2O2/c1-16-8-10-3-2-6-17(9-10)14(19)12-5-4-11(15)7-13(12)18/h4-5,7,10,16,18H,2-3,6,8-9H2,1H3. The van der Waals surface area contributed by atoms with Crippen molar-refractivity contribution in [2.45, 2.75) is 12.8 Å². The highest BCUT2D eigenvalue weighted by molar-refractivity contribution is 6.30. The molecule has 0 bridgehead atoms. The van der Waals surface area contributed by atoms with E-state index < -0.39 is 0 Å². The van der Waals surface area contributed by atoms with Crippen molar-refractivity contribution in [2.75, 3.05) is 26.7 Å². The van der Waals surface area contributed by atoms with Gasteiger partial charge >= 0.3 is 0 Å². The molecule has 0 spiro atoms. The van der Waals surface area contributed by atoms with Gasteiger partial charge in [0.25, 0.3) is 5.91 Å². The molecule has 1 aromatic rings. The van der Waals surface area contributed by atoms with Gasteiger partial charge in [0.05, 0.1) is 5.56 Å². The van der Waals surface area contributed by atoms with Crippen molar-refractivity contribution in [1.29, 1.82) is 0 Å². The highest BCUT2D eigenvalue weighted by Crippen LogP contribution is 2.25. The Bertz CT molecular complexity index is 463. The largest absolute Gasteiger partial charge is 0.507 e. The summed E-state index contributed by atoms with van der Waals surface area (Å²) in [7, 11) is 1.92. The smallest absolute Gasteiger partial charge is 0.257 e. The number of piperidine rings is 1. The van der Waals surface area contributed by atoms with Crippen LogP contribution in [-0.2, 0) is 0 Å². The summed E-state index contributed by atoms with van der Waals surface area (Å²) in [5.41, 5.74) is 0.328. The SMILES string of the molecule is CNCC1CCCN(C(=O)c2ccc(Cl)cc2O)C1. The number of hydrogen-bond donors (Lipinski definition) is 2. The number of likely N-dealkylation sites (tertiary alicyclic amines) is 1. The molecule has 5 heteroatoms. The van der Waals surface area contributed by atoms with E-state index in [2.05, 4.69) is 5.32 Å². The molecule has 0 aliphatic carbocycles. The maximum Gasteiger partial charge on any atom is 0.257 e. The molecule has 1 aliphatic heterocycles. The van der Waals surface area contributed by atoms with Crippen molar-refractivity contribution < 1.29 is 9.90 Å². The first kappa shape index (κ1) is 14.2. The Morgan fingerprint density at radius 3 is 3.05 bits per heavy atom. The van der Waals surface area contributed by atoms with E-state index in [1.54, 1.807) is 12.1 Å². The van der Waals surface area contributed by atoms with E-state index in [-0.39, 0.29) is 11.7 Å². The van der Waals surface area contributed by atoms with Crippen LogP contribution in [0.3, 0.4) is 0 Å². The van der Waals surface area contributed by atoms with Crippen LogP contribution in [0.25, 0.3) is 0 Å². The zero-order valence-corrected chi connectivity index (χ0v) is 11.8. The fraction of sp³-hybridized carbons (Fsp3) is 0.500. The van der Waals surface area contributed by atoms with Gasteiger partial charge < -0.3 is 15.3 Å². The second-order valence-corrected chi connectivity index (χ2v) is 5.42. The molecule has 1 saturated heterocycles. The summed E-state index contributed by atoms with van der Waals surface area (Å²) in [4.78, 5) is 14.2. The number of rotatable bonds is 3. The van der Waals surface area contributed by atoms with Gasteiger partial charge in [0.1, 0.15) is 5.75 Å². The summed E-state index contributed by atoms with van der Waals surface area (Å²) in [5, 5.41) is 13.4. The number of benzene rings is 1. The monoisotopic (exact) mass is 282 g/mol. The number of amides is 1. The van der Waals surface area contributed by atoms with Gasteiger partial charge in [-0.05, 0) is 50.6 Å². The minimum atomic E-state index is -0.116. The molecular formula is C14H19ClN2O2. The van der Waals surface area contributed by atoms with E-state index in [4.69, 9.17) is 11.6 Å². The van der Waals surface area contributed by atoms with E-state index in [1.807, 2.05) is 11.9 Å². The third kappa shape index (κ3) is 3.39. The molecule has 2 N–H and O–H groups in total. The predicted octanol–water partition coefficient (Wildman–Crippen LogP) is 2.12. The van der Waals surface area contributed by atoms with Crippen LogP contribution in [0, 0.1) is 5.92 Å². The first-order valence-corrected chi connectivity index (χ1v) is 6.92. The highest BCUT2D eigenvalue weighted by atomic mass is 35.5. The molecule has 1 aromatic carbocycles. The third-order valence-electron chi connectivity index (χ3n) is 3.49. The lowest BCUT2D eigenvalue weighted by Crippen LogP contribution is -2.42. The molecule has 0 saturated carbocycles. The lowest BCUT2D eigenvalue weighted by Gasteiger charge is -2.32. The number of hydrogen-bond acceptors (Lipinski definition) is 3. The number of halogens is 1. The van der Waals surface area contributed by atoms with Crippen LogP contribution in [-0.4, -0.2) is 42.6 Å². The van der Waals surface area contributed by atoms with Crippen LogP contribution in [0.2, 0.25) is 5.02 Å². The normalized spacial score (nSPS) is 19.5. The summed E-state index contributed by atoms with van der Waals surface area (Å²) in [6.45, 7) is 2.40. The Kier molecular flexibility index (Phi) is 4.66. The molecule has 104 valence electrons. The van der Waals surface area contributed by atoms with Crippen LogP contribution in [0.1, 0.15) is 23.2 Å². The molecule has 2 rings (SSSR count). The molecule has 1 atom stereocenters. The second kappa shape index (κ2) is 6.26. The molecule has 19 heavy (non-hydrogen) atoms. The fourth-order valence-electron chi connectivity index (χ4n) is 2.56. The van der Waals surface area contributed by atoms with Crippen molar-refractivity contribution >= 4 is 17.5 Å². The van der Waals surface area contributed by atoms with Gasteiger partial charge in [-0.3, -0.25) is 4.79 Å². The summed E-state index contributed by atoms with van der Waals surface area (Å²) in [6, 6.07) is 4.62. The van der Waals surface area contributed by atoms with E-state index in [0.717, 1.165) is 32.5 Å². The van der Waals surface area contributed by atoms with Gasteiger partial charge in [-0.2, -0.15) is 0 Å². The highest BCUT2D eigenvalue weighted by Gasteiger charge is 2.25. The predicted molar refractivity (Wildman–Crippen MR) is 75.7 cm³/mol. The first-order chi connectivity index (χ1) is 9.11. The molecule has 0 radical (unpaired) electrons. The Morgan fingerprint density at radius 1 is 1.58 bits per heavy atom. The first-order valence-electron chi connectivity index (χ1n) is 6.54. The van der Waals surface area contributed by atoms with Crippen molar-refractivity contribution in [2.24, 2.45) is 5.92 Å². The van der Waals surface area contributed by atoms with E-state index in [9.17, 15) is 9.90 Å². The van der Waals surface area contributed by atoms with Crippen LogP contribution in [0.5, 0.6) is 5.75 Å². The minimum Gasteiger partial charge on any atom is -0.507 e. The Labute approximate surface area is 118 Å². The van der Waals surface area contributed by atoms with Crippen molar-refractivity contribution in [3.05, 3.63) is 28.8 Å². The zero-order valence-electron chi connectivity index (χ0n) is 11.0. The number of phenolic OH excluding ortho intramolecular Hbond substituents is 1. The molecule has 1 fully saturated rings. The van der Waals surface area contributed by atoms with Crippen LogP contribution in [0.4, 0.5) is 0 Å². The number of phenols is 1. The zero-order chi connectivity index (χ0) is 13.8. The third-order valence-corrected chi connectivity index (χ3v) is 3.72.